The van der Waals surface area contributed by atoms with Crippen LogP contribution in [0.3, 0.4) is 0 Å². The number of hydrogen-bond acceptors (Lipinski definition) is 7. The van der Waals surface area contributed by atoms with E-state index in [0.29, 0.717) is 24.8 Å². The van der Waals surface area contributed by atoms with Crippen LogP contribution in [-0.2, 0) is 28.9 Å². The van der Waals surface area contributed by atoms with Gasteiger partial charge in [0.2, 0.25) is 10.0 Å². The van der Waals surface area contributed by atoms with E-state index in [-0.39, 0.29) is 13.1 Å². The third-order valence-electron chi connectivity index (χ3n) is 4.71. The van der Waals surface area contributed by atoms with Crippen LogP contribution >= 0.6 is 0 Å². The minimum absolute atomic E-state index is 0.149. The number of carbonyl (C=O) groups excluding carboxylic acids is 2. The Morgan fingerprint density at radius 3 is 2.37 bits per heavy atom. The lowest BCUT2D eigenvalue weighted by Crippen LogP contribution is -2.61. The number of allylic oxidation sites excluding steroid dienone is 2. The summed E-state index contributed by atoms with van der Waals surface area (Å²) in [5, 5.41) is 5.65. The molecular weight excluding hydrogens is 371 g/mol. The van der Waals surface area contributed by atoms with Gasteiger partial charge in [-0.15, -0.1) is 0 Å². The smallest absolute Gasteiger partial charge is 0.497 e. The molecular formula is C17H27BN2O6S. The lowest BCUT2D eigenvalue weighted by molar-refractivity contribution is -0.145. The molecule has 0 bridgehead atoms. The van der Waals surface area contributed by atoms with Crippen molar-refractivity contribution in [1.82, 2.24) is 4.90 Å². The summed E-state index contributed by atoms with van der Waals surface area (Å²) in [6.45, 7) is 1.66. The second kappa shape index (κ2) is 9.03. The molecule has 10 heteroatoms. The highest BCUT2D eigenvalue weighted by atomic mass is 32.2. The summed E-state index contributed by atoms with van der Waals surface area (Å²) in [4.78, 5) is 25.9. The van der Waals surface area contributed by atoms with E-state index in [1.165, 1.54) is 11.0 Å². The number of sulfonamides is 1. The number of rotatable bonds is 6. The van der Waals surface area contributed by atoms with Gasteiger partial charge in [-0.25, -0.2) is 13.6 Å². The molecule has 0 saturated carbocycles. The quantitative estimate of drug-likeness (QED) is 0.523. The third kappa shape index (κ3) is 5.00. The summed E-state index contributed by atoms with van der Waals surface area (Å²) in [5.74, 6) is -1.35. The van der Waals surface area contributed by atoms with Crippen molar-refractivity contribution >= 4 is 29.1 Å². The van der Waals surface area contributed by atoms with Crippen molar-refractivity contribution in [2.45, 2.75) is 50.1 Å². The minimum Gasteiger partial charge on any atom is -0.497 e. The van der Waals surface area contributed by atoms with Crippen LogP contribution in [0.15, 0.2) is 23.8 Å². The highest BCUT2D eigenvalue weighted by Gasteiger charge is 2.60. The highest BCUT2D eigenvalue weighted by Crippen LogP contribution is 2.37. The molecule has 1 heterocycles. The molecule has 0 aromatic heterocycles. The molecule has 1 fully saturated rings. The summed E-state index contributed by atoms with van der Waals surface area (Å²) in [6, 6.07) is 0. The zero-order valence-corrected chi connectivity index (χ0v) is 16.7. The molecule has 0 amide bonds. The molecule has 0 radical (unpaired) electrons. The average molecular weight is 398 g/mol. The fraction of sp³-hybridized carbons (Fsp3) is 0.647. The van der Waals surface area contributed by atoms with Crippen molar-refractivity contribution < 1.29 is 27.3 Å². The molecule has 2 aliphatic rings. The Balaban J connectivity index is 2.59. The fourth-order valence-electron chi connectivity index (χ4n) is 3.38. The first kappa shape index (κ1) is 21.7. The van der Waals surface area contributed by atoms with Gasteiger partial charge < -0.3 is 9.31 Å². The van der Waals surface area contributed by atoms with Crippen molar-refractivity contribution in [1.29, 1.82) is 0 Å². The van der Waals surface area contributed by atoms with Crippen LogP contribution in [-0.4, -0.2) is 57.2 Å². The van der Waals surface area contributed by atoms with Crippen molar-refractivity contribution in [2.75, 3.05) is 20.1 Å². The van der Waals surface area contributed by atoms with Crippen molar-refractivity contribution in [3.63, 3.8) is 0 Å². The highest BCUT2D eigenvalue weighted by molar-refractivity contribution is 7.92. The van der Waals surface area contributed by atoms with Gasteiger partial charge in [0.05, 0.1) is 13.1 Å². The Kier molecular flexibility index (Phi) is 7.24. The summed E-state index contributed by atoms with van der Waals surface area (Å²) in [6.07, 6.45) is 9.19. The maximum Gasteiger partial charge on any atom is 0.631 e. The summed E-state index contributed by atoms with van der Waals surface area (Å²) >= 11 is 0. The molecule has 27 heavy (non-hydrogen) atoms. The molecule has 1 aliphatic carbocycles. The summed E-state index contributed by atoms with van der Waals surface area (Å²) in [7, 11) is -4.40. The Morgan fingerprint density at radius 2 is 1.89 bits per heavy atom. The van der Waals surface area contributed by atoms with Gasteiger partial charge in [0.1, 0.15) is 0 Å². The number of nitrogens with two attached hydrogens (primary N) is 1. The molecule has 150 valence electrons. The molecule has 1 saturated heterocycles. The lowest BCUT2D eigenvalue weighted by Gasteiger charge is -2.36. The SMILES string of the molecule is CCC/C=C/C(B1OC(=O)CN(C)CC(=O)O1)(C1=CCCCC1)S(N)(=O)=O. The number of primary sulfonamides is 1. The number of hydrogen-bond donors (Lipinski definition) is 1. The lowest BCUT2D eigenvalue weighted by atomic mass is 9.63. The maximum absolute atomic E-state index is 12.8. The molecule has 2 N–H and O–H groups in total. The van der Waals surface area contributed by atoms with E-state index in [1.54, 1.807) is 19.2 Å². The van der Waals surface area contributed by atoms with Crippen LogP contribution in [0.1, 0.15) is 45.4 Å². The maximum atomic E-state index is 12.8. The largest absolute Gasteiger partial charge is 0.631 e. The topological polar surface area (TPSA) is 116 Å². The molecule has 0 aromatic rings. The van der Waals surface area contributed by atoms with Crippen molar-refractivity contribution in [3.8, 4) is 0 Å². The molecule has 1 unspecified atom stereocenters. The monoisotopic (exact) mass is 398 g/mol. The van der Waals surface area contributed by atoms with Crippen LogP contribution in [0.5, 0.6) is 0 Å². The van der Waals surface area contributed by atoms with Crippen LogP contribution in [0.4, 0.5) is 0 Å². The zero-order chi connectivity index (χ0) is 20.1. The van der Waals surface area contributed by atoms with E-state index in [4.69, 9.17) is 14.4 Å². The van der Waals surface area contributed by atoms with Gasteiger partial charge in [-0.05, 0) is 44.7 Å². The third-order valence-corrected chi connectivity index (χ3v) is 6.24. The molecule has 1 aliphatic heterocycles. The van der Waals surface area contributed by atoms with E-state index in [2.05, 4.69) is 0 Å². The Hall–Kier alpha value is -1.65. The Morgan fingerprint density at radius 1 is 1.26 bits per heavy atom. The first-order chi connectivity index (χ1) is 12.7. The molecule has 8 nitrogen and oxygen atoms in total. The number of unbranched alkanes of at least 4 members (excludes halogenated alkanes) is 1. The Bertz CT molecular complexity index is 716. The van der Waals surface area contributed by atoms with Gasteiger partial charge in [0.15, 0.2) is 4.65 Å². The standard InChI is InChI=1S/C17H27BN2O6S/c1-3-4-8-11-17(27(19,23)24,14-9-6-5-7-10-14)18-25-15(21)12-20(2)13-16(22)26-18/h8-9,11H,3-7,10,12-13H2,1-2H3,(H2,19,23,24)/b11-8+. The fourth-order valence-corrected chi connectivity index (χ4v) is 4.58. The van der Waals surface area contributed by atoms with E-state index in [1.807, 2.05) is 6.92 Å². The second-order valence-corrected chi connectivity index (χ2v) is 8.75. The van der Waals surface area contributed by atoms with Gasteiger partial charge in [0, 0.05) is 0 Å². The Labute approximate surface area is 160 Å². The first-order valence-electron chi connectivity index (χ1n) is 9.17. The second-order valence-electron chi connectivity index (χ2n) is 6.99. The average Bonchev–Trinajstić information content (AvgIpc) is 2.56. The van der Waals surface area contributed by atoms with Gasteiger partial charge in [-0.2, -0.15) is 0 Å². The van der Waals surface area contributed by atoms with Crippen molar-refractivity contribution in [2.24, 2.45) is 5.14 Å². The van der Waals surface area contributed by atoms with Crippen LogP contribution < -0.4 is 5.14 Å². The zero-order valence-electron chi connectivity index (χ0n) is 15.8. The predicted molar refractivity (Wildman–Crippen MR) is 102 cm³/mol. The molecule has 1 atom stereocenters. The van der Waals surface area contributed by atoms with Gasteiger partial charge in [-0.3, -0.25) is 14.5 Å². The van der Waals surface area contributed by atoms with Gasteiger partial charge in [-0.1, -0.05) is 31.6 Å². The van der Waals surface area contributed by atoms with Crippen LogP contribution in [0.2, 0.25) is 0 Å². The normalized spacial score (nSPS) is 22.5. The first-order valence-corrected chi connectivity index (χ1v) is 10.7. The summed E-state index contributed by atoms with van der Waals surface area (Å²) < 4.78 is 34.4. The van der Waals surface area contributed by atoms with Crippen molar-refractivity contribution in [3.05, 3.63) is 23.8 Å². The van der Waals surface area contributed by atoms with E-state index in [9.17, 15) is 18.0 Å². The van der Waals surface area contributed by atoms with Gasteiger partial charge >= 0.3 is 19.1 Å². The molecule has 0 aromatic carbocycles. The molecule has 0 spiro atoms. The van der Waals surface area contributed by atoms with E-state index < -0.39 is 33.7 Å². The van der Waals surface area contributed by atoms with Crippen LogP contribution in [0, 0.1) is 0 Å². The number of nitrogens with zero attached hydrogens (tertiary/aromatic N) is 1. The van der Waals surface area contributed by atoms with Crippen LogP contribution in [0.25, 0.3) is 0 Å². The van der Waals surface area contributed by atoms with Gasteiger partial charge in [0.25, 0.3) is 0 Å². The number of likely N-dealkylation sites (N-methyl/N-ethyl adjacent to an activating group) is 1. The minimum atomic E-state index is -4.32. The van der Waals surface area contributed by atoms with E-state index >= 15 is 0 Å². The summed E-state index contributed by atoms with van der Waals surface area (Å²) in [5.41, 5.74) is 0.503. The molecule has 2 rings (SSSR count). The number of carbonyl (C=O) groups is 2. The van der Waals surface area contributed by atoms with E-state index in [0.717, 1.165) is 19.3 Å². The predicted octanol–water partition coefficient (Wildman–Crippen LogP) is 0.930.